The molecule has 2 atom stereocenters. The van der Waals surface area contributed by atoms with E-state index in [2.05, 4.69) is 5.32 Å². The van der Waals surface area contributed by atoms with Gasteiger partial charge in [0.25, 0.3) is 0 Å². The quantitative estimate of drug-likeness (QED) is 0.692. The van der Waals surface area contributed by atoms with Gasteiger partial charge in [-0.15, -0.1) is 0 Å². The van der Waals surface area contributed by atoms with Crippen LogP contribution in [0.1, 0.15) is 39.0 Å². The highest BCUT2D eigenvalue weighted by molar-refractivity contribution is 5.75. The number of carbonyl (C=O) groups is 2. The summed E-state index contributed by atoms with van der Waals surface area (Å²) in [5, 5.41) is 21.7. The van der Waals surface area contributed by atoms with Crippen molar-refractivity contribution in [1.82, 2.24) is 10.2 Å². The number of amides is 2. The van der Waals surface area contributed by atoms with Gasteiger partial charge in [-0.1, -0.05) is 0 Å². The van der Waals surface area contributed by atoms with Gasteiger partial charge in [-0.3, -0.25) is 4.79 Å². The van der Waals surface area contributed by atoms with E-state index in [1.807, 2.05) is 0 Å². The summed E-state index contributed by atoms with van der Waals surface area (Å²) in [6.45, 7) is 2.89. The zero-order valence-corrected chi connectivity index (χ0v) is 11.3. The molecule has 2 rings (SSSR count). The summed E-state index contributed by atoms with van der Waals surface area (Å²) in [6, 6.07) is -0.164. The normalized spacial score (nSPS) is 30.1. The Kier molecular flexibility index (Phi) is 3.99. The summed E-state index contributed by atoms with van der Waals surface area (Å²) in [6.07, 6.45) is 3.06. The molecule has 2 amide bonds. The topological polar surface area (TPSA) is 89.9 Å². The molecule has 108 valence electrons. The second-order valence-corrected chi connectivity index (χ2v) is 5.98. The lowest BCUT2D eigenvalue weighted by atomic mass is 9.94. The molecule has 0 bridgehead atoms. The minimum atomic E-state index is -0.772. The molecule has 0 radical (unpaired) electrons. The molecular formula is C13H22N2O4. The Balaban J connectivity index is 1.78. The van der Waals surface area contributed by atoms with Gasteiger partial charge in [-0.05, 0) is 39.0 Å². The van der Waals surface area contributed by atoms with Crippen molar-refractivity contribution in [3.8, 4) is 0 Å². The molecule has 0 spiro atoms. The van der Waals surface area contributed by atoms with Crippen LogP contribution >= 0.6 is 0 Å². The van der Waals surface area contributed by atoms with Gasteiger partial charge in [0.2, 0.25) is 0 Å². The number of likely N-dealkylation sites (tertiary alicyclic amines) is 1. The molecule has 1 saturated carbocycles. The molecule has 1 heterocycles. The van der Waals surface area contributed by atoms with Crippen LogP contribution < -0.4 is 5.32 Å². The number of aliphatic carboxylic acids is 1. The molecule has 0 aromatic carbocycles. The van der Waals surface area contributed by atoms with E-state index in [9.17, 15) is 14.7 Å². The van der Waals surface area contributed by atoms with E-state index in [-0.39, 0.29) is 18.0 Å². The number of piperidine rings is 1. The first-order valence-corrected chi connectivity index (χ1v) is 6.88. The van der Waals surface area contributed by atoms with Crippen molar-refractivity contribution < 1.29 is 19.8 Å². The van der Waals surface area contributed by atoms with Crippen LogP contribution in [0, 0.1) is 5.92 Å². The molecule has 1 saturated heterocycles. The van der Waals surface area contributed by atoms with Gasteiger partial charge in [0, 0.05) is 19.1 Å². The first kappa shape index (κ1) is 14.1. The predicted octanol–water partition coefficient (Wildman–Crippen LogP) is 0.796. The number of nitrogens with one attached hydrogen (secondary N) is 1. The summed E-state index contributed by atoms with van der Waals surface area (Å²) in [5.74, 6) is -1.10. The van der Waals surface area contributed by atoms with Crippen LogP contribution in [-0.2, 0) is 4.79 Å². The fourth-order valence-electron chi connectivity index (χ4n) is 2.79. The summed E-state index contributed by atoms with van der Waals surface area (Å²) in [4.78, 5) is 24.6. The number of hydrogen-bond acceptors (Lipinski definition) is 3. The lowest BCUT2D eigenvalue weighted by Gasteiger charge is -2.36. The monoisotopic (exact) mass is 270 g/mol. The second-order valence-electron chi connectivity index (χ2n) is 5.98. The van der Waals surface area contributed by atoms with E-state index < -0.39 is 11.6 Å². The Bertz CT molecular complexity index is 360. The standard InChI is InChI=1S/C13H22N2O4/c1-13(19)4-6-15(7-5-13)12(18)14-10-3-2-9(8-10)11(16)17/h9-10,19H,2-8H2,1H3,(H,14,18)(H,16,17). The van der Waals surface area contributed by atoms with Gasteiger partial charge in [-0.2, -0.15) is 0 Å². The molecule has 6 heteroatoms. The van der Waals surface area contributed by atoms with Gasteiger partial charge in [0.1, 0.15) is 0 Å². The van der Waals surface area contributed by atoms with Crippen molar-refractivity contribution in [2.45, 2.75) is 50.7 Å². The number of carboxylic acids is 1. The third kappa shape index (κ3) is 3.59. The number of rotatable bonds is 2. The fraction of sp³-hybridized carbons (Fsp3) is 0.846. The van der Waals surface area contributed by atoms with Gasteiger partial charge >= 0.3 is 12.0 Å². The predicted molar refractivity (Wildman–Crippen MR) is 68.7 cm³/mol. The van der Waals surface area contributed by atoms with E-state index in [1.54, 1.807) is 11.8 Å². The van der Waals surface area contributed by atoms with Crippen LogP contribution in [0.25, 0.3) is 0 Å². The smallest absolute Gasteiger partial charge is 0.317 e. The molecule has 2 unspecified atom stereocenters. The Morgan fingerprint density at radius 1 is 1.26 bits per heavy atom. The number of carbonyl (C=O) groups excluding carboxylic acids is 1. The highest BCUT2D eigenvalue weighted by Gasteiger charge is 2.33. The Morgan fingerprint density at radius 2 is 1.89 bits per heavy atom. The third-order valence-electron chi connectivity index (χ3n) is 4.24. The number of carboxylic acid groups (broad SMARTS) is 1. The number of nitrogens with zero attached hydrogens (tertiary/aromatic N) is 1. The summed E-state index contributed by atoms with van der Waals surface area (Å²) >= 11 is 0. The SMILES string of the molecule is CC1(O)CCN(C(=O)NC2CCC(C(=O)O)C2)CC1. The Labute approximate surface area is 112 Å². The van der Waals surface area contributed by atoms with Crippen molar-refractivity contribution in [2.75, 3.05) is 13.1 Å². The second kappa shape index (κ2) is 5.36. The first-order chi connectivity index (χ1) is 8.87. The van der Waals surface area contributed by atoms with Crippen molar-refractivity contribution in [1.29, 1.82) is 0 Å². The van der Waals surface area contributed by atoms with Crippen molar-refractivity contribution in [3.63, 3.8) is 0 Å². The fourth-order valence-corrected chi connectivity index (χ4v) is 2.79. The first-order valence-electron chi connectivity index (χ1n) is 6.88. The van der Waals surface area contributed by atoms with Crippen LogP contribution in [0.5, 0.6) is 0 Å². The number of aliphatic hydroxyl groups is 1. The highest BCUT2D eigenvalue weighted by Crippen LogP contribution is 2.26. The van der Waals surface area contributed by atoms with Gasteiger partial charge < -0.3 is 20.4 Å². The van der Waals surface area contributed by atoms with Crippen LogP contribution in [0.2, 0.25) is 0 Å². The molecule has 6 nitrogen and oxygen atoms in total. The summed E-state index contributed by atoms with van der Waals surface area (Å²) in [5.41, 5.74) is -0.668. The van der Waals surface area contributed by atoms with Crippen LogP contribution in [0.3, 0.4) is 0 Å². The Hall–Kier alpha value is -1.30. The van der Waals surface area contributed by atoms with E-state index in [4.69, 9.17) is 5.11 Å². The number of urea groups is 1. The van der Waals surface area contributed by atoms with E-state index in [1.165, 1.54) is 0 Å². The molecule has 2 aliphatic rings. The highest BCUT2D eigenvalue weighted by atomic mass is 16.4. The van der Waals surface area contributed by atoms with Crippen molar-refractivity contribution in [2.24, 2.45) is 5.92 Å². The summed E-state index contributed by atoms with van der Waals surface area (Å²) in [7, 11) is 0. The molecule has 0 aromatic rings. The summed E-state index contributed by atoms with van der Waals surface area (Å²) < 4.78 is 0. The largest absolute Gasteiger partial charge is 0.481 e. The average Bonchev–Trinajstić information content (AvgIpc) is 2.77. The molecular weight excluding hydrogens is 248 g/mol. The zero-order valence-electron chi connectivity index (χ0n) is 11.3. The minimum absolute atomic E-state index is 0.0314. The third-order valence-corrected chi connectivity index (χ3v) is 4.24. The number of hydrogen-bond donors (Lipinski definition) is 3. The molecule has 19 heavy (non-hydrogen) atoms. The molecule has 2 fully saturated rings. The zero-order chi connectivity index (χ0) is 14.0. The maximum Gasteiger partial charge on any atom is 0.317 e. The lowest BCUT2D eigenvalue weighted by Crippen LogP contribution is -2.50. The maximum absolute atomic E-state index is 12.0. The van der Waals surface area contributed by atoms with Crippen LogP contribution in [-0.4, -0.2) is 51.8 Å². The van der Waals surface area contributed by atoms with Gasteiger partial charge in [0.15, 0.2) is 0 Å². The van der Waals surface area contributed by atoms with E-state index in [0.717, 1.165) is 6.42 Å². The lowest BCUT2D eigenvalue weighted by molar-refractivity contribution is -0.141. The van der Waals surface area contributed by atoms with Gasteiger partial charge in [0.05, 0.1) is 11.5 Å². The molecule has 3 N–H and O–H groups in total. The van der Waals surface area contributed by atoms with Crippen molar-refractivity contribution in [3.05, 3.63) is 0 Å². The van der Waals surface area contributed by atoms with Crippen LogP contribution in [0.15, 0.2) is 0 Å². The minimum Gasteiger partial charge on any atom is -0.481 e. The van der Waals surface area contributed by atoms with E-state index >= 15 is 0 Å². The van der Waals surface area contributed by atoms with E-state index in [0.29, 0.717) is 38.8 Å². The molecule has 1 aliphatic heterocycles. The van der Waals surface area contributed by atoms with Crippen molar-refractivity contribution >= 4 is 12.0 Å². The average molecular weight is 270 g/mol. The molecule has 0 aromatic heterocycles. The van der Waals surface area contributed by atoms with Crippen LogP contribution in [0.4, 0.5) is 4.79 Å². The van der Waals surface area contributed by atoms with Gasteiger partial charge in [-0.25, -0.2) is 4.79 Å². The molecule has 1 aliphatic carbocycles. The Morgan fingerprint density at radius 3 is 2.42 bits per heavy atom. The maximum atomic E-state index is 12.0.